The van der Waals surface area contributed by atoms with Crippen molar-refractivity contribution in [2.24, 2.45) is 16.7 Å². The van der Waals surface area contributed by atoms with Crippen molar-refractivity contribution in [1.29, 1.82) is 0 Å². The molecule has 5 heteroatoms. The molecule has 3 aliphatic rings. The minimum absolute atomic E-state index is 0.0871. The third kappa shape index (κ3) is 2.71. The van der Waals surface area contributed by atoms with Crippen molar-refractivity contribution in [3.05, 3.63) is 45.8 Å². The predicted octanol–water partition coefficient (Wildman–Crippen LogP) is 4.46. The van der Waals surface area contributed by atoms with E-state index in [2.05, 4.69) is 13.8 Å². The van der Waals surface area contributed by atoms with E-state index in [1.165, 1.54) is 6.07 Å². The highest BCUT2D eigenvalue weighted by molar-refractivity contribution is 5.86. The van der Waals surface area contributed by atoms with Crippen molar-refractivity contribution < 1.29 is 19.1 Å². The average Bonchev–Trinajstić information content (AvgIpc) is 2.67. The topological polar surface area (TPSA) is 76.7 Å². The summed E-state index contributed by atoms with van der Waals surface area (Å²) in [6.07, 6.45) is 9.93. The summed E-state index contributed by atoms with van der Waals surface area (Å²) in [5.41, 5.74) is -2.63. The minimum atomic E-state index is -1.13. The number of allylic oxidation sites excluding steroid dienone is 3. The van der Waals surface area contributed by atoms with Crippen LogP contribution in [-0.2, 0) is 11.2 Å². The third-order valence-corrected chi connectivity index (χ3v) is 8.36. The molecule has 0 bridgehead atoms. The second-order valence-corrected chi connectivity index (χ2v) is 10.2. The van der Waals surface area contributed by atoms with Crippen molar-refractivity contribution in [3.8, 4) is 5.95 Å². The summed E-state index contributed by atoms with van der Waals surface area (Å²) in [6, 6.07) is 1.50. The number of ketones is 1. The van der Waals surface area contributed by atoms with Crippen LogP contribution in [-0.4, -0.2) is 22.1 Å². The summed E-state index contributed by atoms with van der Waals surface area (Å²) in [5.74, 6) is 0.777. The maximum Gasteiger partial charge on any atom is 0.292 e. The van der Waals surface area contributed by atoms with Crippen molar-refractivity contribution in [3.63, 3.8) is 0 Å². The van der Waals surface area contributed by atoms with Crippen LogP contribution in [0.25, 0.3) is 6.08 Å². The first-order valence-corrected chi connectivity index (χ1v) is 10.9. The Hall–Kier alpha value is -2.14. The van der Waals surface area contributed by atoms with Gasteiger partial charge in [-0.15, -0.1) is 0 Å². The van der Waals surface area contributed by atoms with Gasteiger partial charge in [-0.2, -0.15) is 0 Å². The van der Waals surface area contributed by atoms with Gasteiger partial charge in [0, 0.05) is 23.8 Å². The molecule has 4 atom stereocenters. The third-order valence-electron chi connectivity index (χ3n) is 8.36. The molecule has 162 valence electrons. The SMILES string of the molecule is C/C=C/C=C\c1cc(=O)c2c(o1)O[C@]1(C)CC[C@@]3(O)C(C)(C)C(=O)CC[C@]3(C)[C@H]1C2. The number of aliphatic hydroxyl groups is 1. The van der Waals surface area contributed by atoms with Gasteiger partial charge in [0.05, 0.1) is 16.6 Å². The average molecular weight is 413 g/mol. The van der Waals surface area contributed by atoms with Gasteiger partial charge in [0.25, 0.3) is 5.95 Å². The molecule has 1 N–H and O–H groups in total. The van der Waals surface area contributed by atoms with Gasteiger partial charge in [0.15, 0.2) is 5.43 Å². The van der Waals surface area contributed by atoms with E-state index in [4.69, 9.17) is 9.15 Å². The zero-order valence-corrected chi connectivity index (χ0v) is 18.6. The molecule has 1 aliphatic heterocycles. The van der Waals surface area contributed by atoms with Crippen molar-refractivity contribution in [2.45, 2.75) is 77.9 Å². The lowest BCUT2D eigenvalue weighted by atomic mass is 9.42. The van der Waals surface area contributed by atoms with E-state index in [0.29, 0.717) is 49.4 Å². The first-order valence-electron chi connectivity index (χ1n) is 10.9. The fraction of sp³-hybridized carbons (Fsp3) is 0.600. The lowest BCUT2D eigenvalue weighted by Crippen LogP contribution is -2.72. The summed E-state index contributed by atoms with van der Waals surface area (Å²) in [7, 11) is 0. The molecule has 1 aromatic heterocycles. The Morgan fingerprint density at radius 2 is 1.83 bits per heavy atom. The Balaban J connectivity index is 1.78. The highest BCUT2D eigenvalue weighted by atomic mass is 16.6. The van der Waals surface area contributed by atoms with E-state index in [0.717, 1.165) is 0 Å². The van der Waals surface area contributed by atoms with Crippen LogP contribution in [0.4, 0.5) is 0 Å². The molecule has 5 nitrogen and oxygen atoms in total. The van der Waals surface area contributed by atoms with E-state index in [-0.39, 0.29) is 17.1 Å². The van der Waals surface area contributed by atoms with Gasteiger partial charge in [-0.3, -0.25) is 9.59 Å². The molecule has 2 fully saturated rings. The molecule has 0 spiro atoms. The molecular formula is C25H32O5. The highest BCUT2D eigenvalue weighted by Gasteiger charge is 2.70. The summed E-state index contributed by atoms with van der Waals surface area (Å²) in [4.78, 5) is 25.6. The molecule has 0 aromatic carbocycles. The van der Waals surface area contributed by atoms with Gasteiger partial charge in [-0.25, -0.2) is 0 Å². The van der Waals surface area contributed by atoms with Gasteiger partial charge in [0.2, 0.25) is 0 Å². The number of carbonyl (C=O) groups is 1. The van der Waals surface area contributed by atoms with Crippen molar-refractivity contribution >= 4 is 11.9 Å². The highest BCUT2D eigenvalue weighted by Crippen LogP contribution is 2.65. The first-order chi connectivity index (χ1) is 14.0. The van der Waals surface area contributed by atoms with Crippen LogP contribution in [0.1, 0.15) is 71.6 Å². The van der Waals surface area contributed by atoms with Crippen LogP contribution >= 0.6 is 0 Å². The largest absolute Gasteiger partial charge is 0.458 e. The van der Waals surface area contributed by atoms with Crippen LogP contribution in [0.15, 0.2) is 33.5 Å². The number of Topliss-reactive ketones (excluding diaryl/α,β-unsaturated/α-hetero) is 1. The van der Waals surface area contributed by atoms with Crippen LogP contribution in [0.2, 0.25) is 0 Å². The predicted molar refractivity (Wildman–Crippen MR) is 115 cm³/mol. The maximum absolute atomic E-state index is 12.9. The molecule has 2 saturated carbocycles. The Kier molecular flexibility index (Phi) is 4.70. The number of hydrogen-bond acceptors (Lipinski definition) is 5. The van der Waals surface area contributed by atoms with E-state index >= 15 is 0 Å². The van der Waals surface area contributed by atoms with Crippen LogP contribution in [0.5, 0.6) is 5.95 Å². The lowest BCUT2D eigenvalue weighted by molar-refractivity contribution is -0.256. The molecule has 0 radical (unpaired) electrons. The van der Waals surface area contributed by atoms with Crippen molar-refractivity contribution in [1.82, 2.24) is 0 Å². The fourth-order valence-electron chi connectivity index (χ4n) is 6.28. The summed E-state index contributed by atoms with van der Waals surface area (Å²) in [6.45, 7) is 9.78. The smallest absolute Gasteiger partial charge is 0.292 e. The quantitative estimate of drug-likeness (QED) is 0.726. The minimum Gasteiger partial charge on any atom is -0.458 e. The number of fused-ring (bicyclic) bond motifs is 4. The Labute approximate surface area is 177 Å². The zero-order valence-electron chi connectivity index (χ0n) is 18.6. The molecule has 4 rings (SSSR count). The molecule has 0 saturated heterocycles. The molecule has 30 heavy (non-hydrogen) atoms. The van der Waals surface area contributed by atoms with Gasteiger partial charge < -0.3 is 14.3 Å². The molecule has 2 aliphatic carbocycles. The standard InChI is InChI=1S/C25H32O5/c1-6-7-8-9-16-14-18(26)17-15-19-23(4)11-10-20(27)22(2,3)25(23,28)13-12-24(19,5)30-21(17)29-16/h6-9,14,19,28H,10-13,15H2,1-5H3/b7-6+,9-8-/t19-,23-,24-,25-/m1/s1. The van der Waals surface area contributed by atoms with Crippen LogP contribution < -0.4 is 10.2 Å². The van der Waals surface area contributed by atoms with Gasteiger partial charge >= 0.3 is 0 Å². The summed E-state index contributed by atoms with van der Waals surface area (Å²) < 4.78 is 12.3. The van der Waals surface area contributed by atoms with Gasteiger partial charge in [-0.1, -0.05) is 39.0 Å². The number of hydrogen-bond donors (Lipinski definition) is 1. The van der Waals surface area contributed by atoms with E-state index in [9.17, 15) is 14.7 Å². The number of carbonyl (C=O) groups excluding carboxylic acids is 1. The second-order valence-electron chi connectivity index (χ2n) is 10.2. The molecule has 1 aromatic rings. The Morgan fingerprint density at radius 3 is 2.53 bits per heavy atom. The maximum atomic E-state index is 12.9. The number of ether oxygens (including phenoxy) is 1. The van der Waals surface area contributed by atoms with Gasteiger partial charge in [0.1, 0.15) is 17.1 Å². The number of rotatable bonds is 2. The van der Waals surface area contributed by atoms with E-state index in [1.807, 2.05) is 39.0 Å². The normalized spacial score (nSPS) is 37.5. The summed E-state index contributed by atoms with van der Waals surface area (Å²) in [5, 5.41) is 11.9. The van der Waals surface area contributed by atoms with E-state index < -0.39 is 22.0 Å². The molecule has 0 unspecified atom stereocenters. The Bertz CT molecular complexity index is 999. The van der Waals surface area contributed by atoms with E-state index in [1.54, 1.807) is 6.08 Å². The molecular weight excluding hydrogens is 380 g/mol. The second kappa shape index (κ2) is 6.68. The zero-order chi connectivity index (χ0) is 21.9. The van der Waals surface area contributed by atoms with Crippen LogP contribution in [0, 0.1) is 16.7 Å². The lowest BCUT2D eigenvalue weighted by Gasteiger charge is -2.66. The van der Waals surface area contributed by atoms with Gasteiger partial charge in [-0.05, 0) is 45.6 Å². The molecule has 0 amide bonds. The fourth-order valence-corrected chi connectivity index (χ4v) is 6.28. The molecule has 2 heterocycles. The van der Waals surface area contributed by atoms with Crippen molar-refractivity contribution in [2.75, 3.05) is 0 Å². The summed E-state index contributed by atoms with van der Waals surface area (Å²) >= 11 is 0. The van der Waals surface area contributed by atoms with Crippen LogP contribution in [0.3, 0.4) is 0 Å². The first kappa shape index (κ1) is 21.1. The monoisotopic (exact) mass is 412 g/mol. The Morgan fingerprint density at radius 1 is 1.10 bits per heavy atom.